The van der Waals surface area contributed by atoms with Crippen LogP contribution in [0.5, 0.6) is 0 Å². The molecule has 74 valence electrons. The molecule has 1 rings (SSSR count). The Balaban J connectivity index is 2.70. The Kier molecular flexibility index (Phi) is 3.34. The molecule has 0 aliphatic carbocycles. The lowest BCUT2D eigenvalue weighted by atomic mass is 10.2. The van der Waals surface area contributed by atoms with Gasteiger partial charge in [0.15, 0.2) is 5.82 Å². The molecule has 1 N–H and O–H groups in total. The highest BCUT2D eigenvalue weighted by molar-refractivity contribution is 5.94. The quantitative estimate of drug-likeness (QED) is 0.741. The highest BCUT2D eigenvalue weighted by Gasteiger charge is 2.09. The molecule has 1 aromatic heterocycles. The Morgan fingerprint density at radius 2 is 2.43 bits per heavy atom. The monoisotopic (exact) mass is 194 g/mol. The first-order valence-corrected chi connectivity index (χ1v) is 4.13. The minimum Gasteiger partial charge on any atom is -0.348 e. The third-order valence-corrected chi connectivity index (χ3v) is 1.57. The fourth-order valence-corrected chi connectivity index (χ4v) is 0.886. The maximum atomic E-state index is 13.0. The van der Waals surface area contributed by atoms with Gasteiger partial charge < -0.3 is 5.32 Å². The molecule has 0 aliphatic rings. The normalized spacial score (nSPS) is 9.57. The van der Waals surface area contributed by atoms with Gasteiger partial charge in [-0.05, 0) is 13.0 Å². The summed E-state index contributed by atoms with van der Waals surface area (Å²) in [5.41, 5.74) is 0.814. The van der Waals surface area contributed by atoms with Crippen LogP contribution in [0.3, 0.4) is 0 Å². The minimum absolute atomic E-state index is 0.00116. The largest absolute Gasteiger partial charge is 0.348 e. The van der Waals surface area contributed by atoms with E-state index >= 15 is 0 Å². The van der Waals surface area contributed by atoms with Gasteiger partial charge in [-0.3, -0.25) is 9.78 Å². The van der Waals surface area contributed by atoms with E-state index in [0.717, 1.165) is 11.8 Å². The van der Waals surface area contributed by atoms with Crippen molar-refractivity contribution in [3.8, 4) is 0 Å². The summed E-state index contributed by atoms with van der Waals surface area (Å²) < 4.78 is 13.0. The Morgan fingerprint density at radius 3 is 3.00 bits per heavy atom. The maximum absolute atomic E-state index is 13.0. The summed E-state index contributed by atoms with van der Waals surface area (Å²) in [6.07, 6.45) is 2.38. The molecular weight excluding hydrogens is 183 g/mol. The fourth-order valence-electron chi connectivity index (χ4n) is 0.886. The second-order valence-corrected chi connectivity index (χ2v) is 3.00. The first kappa shape index (κ1) is 10.4. The number of pyridine rings is 1. The molecule has 0 saturated heterocycles. The molecule has 1 heterocycles. The van der Waals surface area contributed by atoms with Gasteiger partial charge in [0, 0.05) is 12.7 Å². The van der Waals surface area contributed by atoms with Gasteiger partial charge in [0.25, 0.3) is 5.91 Å². The zero-order chi connectivity index (χ0) is 10.6. The fraction of sp³-hybridized carbons (Fsp3) is 0.200. The van der Waals surface area contributed by atoms with E-state index in [1.54, 1.807) is 6.92 Å². The molecule has 4 heteroatoms. The second-order valence-electron chi connectivity index (χ2n) is 3.00. The van der Waals surface area contributed by atoms with Crippen LogP contribution in [0, 0.1) is 5.82 Å². The van der Waals surface area contributed by atoms with Crippen LogP contribution in [-0.2, 0) is 0 Å². The molecule has 1 aromatic rings. The molecule has 0 saturated carbocycles. The van der Waals surface area contributed by atoms with Gasteiger partial charge in [0.1, 0.15) is 0 Å². The van der Waals surface area contributed by atoms with Crippen LogP contribution in [0.25, 0.3) is 0 Å². The van der Waals surface area contributed by atoms with Crippen molar-refractivity contribution in [1.82, 2.24) is 10.3 Å². The van der Waals surface area contributed by atoms with E-state index in [4.69, 9.17) is 0 Å². The maximum Gasteiger partial charge on any atom is 0.254 e. The molecule has 0 fully saturated rings. The van der Waals surface area contributed by atoms with Gasteiger partial charge in [-0.15, -0.1) is 0 Å². The van der Waals surface area contributed by atoms with E-state index in [0.29, 0.717) is 6.54 Å². The summed E-state index contributed by atoms with van der Waals surface area (Å²) in [5.74, 6) is -1.07. The highest BCUT2D eigenvalue weighted by atomic mass is 19.1. The molecule has 3 nitrogen and oxygen atoms in total. The van der Waals surface area contributed by atoms with Gasteiger partial charge in [0.2, 0.25) is 0 Å². The lowest BCUT2D eigenvalue weighted by Crippen LogP contribution is -2.25. The number of carbonyl (C=O) groups is 1. The number of aromatic nitrogens is 1. The van der Waals surface area contributed by atoms with E-state index in [-0.39, 0.29) is 5.56 Å². The molecule has 0 atom stereocenters. The van der Waals surface area contributed by atoms with Gasteiger partial charge in [-0.25, -0.2) is 4.39 Å². The number of hydrogen-bond donors (Lipinski definition) is 1. The van der Waals surface area contributed by atoms with Crippen molar-refractivity contribution in [3.05, 3.63) is 42.0 Å². The SMILES string of the molecule is C=C(C)CNC(=O)c1ccncc1F. The van der Waals surface area contributed by atoms with Crippen LogP contribution in [0.4, 0.5) is 4.39 Å². The highest BCUT2D eigenvalue weighted by Crippen LogP contribution is 2.03. The van der Waals surface area contributed by atoms with Crippen LogP contribution < -0.4 is 5.32 Å². The topological polar surface area (TPSA) is 42.0 Å². The second kappa shape index (κ2) is 4.50. The summed E-state index contributed by atoms with van der Waals surface area (Å²) in [7, 11) is 0. The van der Waals surface area contributed by atoms with Crippen LogP contribution in [0.15, 0.2) is 30.6 Å². The Hall–Kier alpha value is -1.71. The van der Waals surface area contributed by atoms with Crippen molar-refractivity contribution < 1.29 is 9.18 Å². The molecular formula is C10H11FN2O. The van der Waals surface area contributed by atoms with Crippen LogP contribution >= 0.6 is 0 Å². The van der Waals surface area contributed by atoms with Crippen LogP contribution in [0.1, 0.15) is 17.3 Å². The van der Waals surface area contributed by atoms with E-state index in [1.165, 1.54) is 12.3 Å². The predicted octanol–water partition coefficient (Wildman–Crippen LogP) is 1.53. The number of nitrogens with one attached hydrogen (secondary N) is 1. The third-order valence-electron chi connectivity index (χ3n) is 1.57. The molecule has 0 aliphatic heterocycles. The average Bonchev–Trinajstić information content (AvgIpc) is 2.15. The van der Waals surface area contributed by atoms with Crippen molar-refractivity contribution in [2.24, 2.45) is 0 Å². The first-order valence-electron chi connectivity index (χ1n) is 4.13. The average molecular weight is 194 g/mol. The van der Waals surface area contributed by atoms with Gasteiger partial charge in [0.05, 0.1) is 11.8 Å². The number of nitrogens with zero attached hydrogens (tertiary/aromatic N) is 1. The summed E-state index contributed by atoms with van der Waals surface area (Å²) >= 11 is 0. The van der Waals surface area contributed by atoms with E-state index in [2.05, 4.69) is 16.9 Å². The first-order chi connectivity index (χ1) is 6.61. The Morgan fingerprint density at radius 1 is 1.71 bits per heavy atom. The van der Waals surface area contributed by atoms with Crippen molar-refractivity contribution in [2.75, 3.05) is 6.54 Å². The number of hydrogen-bond acceptors (Lipinski definition) is 2. The number of carbonyl (C=O) groups excluding carboxylic acids is 1. The number of rotatable bonds is 3. The van der Waals surface area contributed by atoms with Crippen LogP contribution in [0.2, 0.25) is 0 Å². The summed E-state index contributed by atoms with van der Waals surface area (Å²) in [5, 5.41) is 2.53. The molecule has 1 amide bonds. The van der Waals surface area contributed by atoms with Gasteiger partial charge in [-0.2, -0.15) is 0 Å². The zero-order valence-corrected chi connectivity index (χ0v) is 7.88. The molecule has 14 heavy (non-hydrogen) atoms. The Bertz CT molecular complexity index is 363. The van der Waals surface area contributed by atoms with Gasteiger partial charge >= 0.3 is 0 Å². The van der Waals surface area contributed by atoms with Crippen molar-refractivity contribution in [1.29, 1.82) is 0 Å². The minimum atomic E-state index is -0.619. The Labute approximate surface area is 81.7 Å². The lowest BCUT2D eigenvalue weighted by Gasteiger charge is -2.04. The molecule has 0 bridgehead atoms. The summed E-state index contributed by atoms with van der Waals surface area (Å²) in [6, 6.07) is 1.34. The van der Waals surface area contributed by atoms with E-state index < -0.39 is 11.7 Å². The van der Waals surface area contributed by atoms with Crippen molar-refractivity contribution in [3.63, 3.8) is 0 Å². The summed E-state index contributed by atoms with van der Waals surface area (Å²) in [4.78, 5) is 14.9. The standard InChI is InChI=1S/C10H11FN2O/c1-7(2)5-13-10(14)8-3-4-12-6-9(8)11/h3-4,6H,1,5H2,2H3,(H,13,14). The van der Waals surface area contributed by atoms with E-state index in [1.807, 2.05) is 0 Å². The molecule has 0 radical (unpaired) electrons. The molecule has 0 unspecified atom stereocenters. The zero-order valence-electron chi connectivity index (χ0n) is 7.88. The number of halogens is 1. The summed E-state index contributed by atoms with van der Waals surface area (Å²) in [6.45, 7) is 5.75. The van der Waals surface area contributed by atoms with Crippen LogP contribution in [-0.4, -0.2) is 17.4 Å². The third kappa shape index (κ3) is 2.65. The lowest BCUT2D eigenvalue weighted by molar-refractivity contribution is 0.0953. The van der Waals surface area contributed by atoms with Gasteiger partial charge in [-0.1, -0.05) is 12.2 Å². The smallest absolute Gasteiger partial charge is 0.254 e. The number of amides is 1. The van der Waals surface area contributed by atoms with Crippen molar-refractivity contribution in [2.45, 2.75) is 6.92 Å². The van der Waals surface area contributed by atoms with E-state index in [9.17, 15) is 9.18 Å². The molecule has 0 spiro atoms. The molecule has 0 aromatic carbocycles. The van der Waals surface area contributed by atoms with Crippen molar-refractivity contribution >= 4 is 5.91 Å². The predicted molar refractivity (Wildman–Crippen MR) is 51.3 cm³/mol.